The topological polar surface area (TPSA) is 78.1 Å². The maximum atomic E-state index is 13.3. The van der Waals surface area contributed by atoms with E-state index in [9.17, 15) is 19.2 Å². The molecule has 164 valence electrons. The lowest BCUT2D eigenvalue weighted by Gasteiger charge is -2.40. The van der Waals surface area contributed by atoms with E-state index in [0.29, 0.717) is 29.2 Å². The third-order valence-electron chi connectivity index (χ3n) is 5.79. The van der Waals surface area contributed by atoms with Crippen LogP contribution in [0, 0.1) is 17.1 Å². The smallest absolute Gasteiger partial charge is 0.271 e. The van der Waals surface area contributed by atoms with E-state index in [2.05, 4.69) is 11.4 Å². The molecule has 1 N–H and O–H groups in total. The molecule has 3 heterocycles. The fourth-order valence-corrected chi connectivity index (χ4v) is 4.78. The Kier molecular flexibility index (Phi) is 5.40. The summed E-state index contributed by atoms with van der Waals surface area (Å²) in [4.78, 5) is 28.2. The van der Waals surface area contributed by atoms with Gasteiger partial charge in [-0.05, 0) is 35.2 Å². The Hall–Kier alpha value is -3.96. The Morgan fingerprint density at radius 1 is 1.12 bits per heavy atom. The lowest BCUT2D eigenvalue weighted by Crippen LogP contribution is -2.57. The third kappa shape index (κ3) is 3.88. The second-order valence-electron chi connectivity index (χ2n) is 7.93. The molecule has 0 radical (unpaired) electrons. The van der Waals surface area contributed by atoms with Crippen molar-refractivity contribution < 1.29 is 9.18 Å². The van der Waals surface area contributed by atoms with Gasteiger partial charge in [-0.15, -0.1) is 11.3 Å². The number of rotatable bonds is 5. The molecule has 0 atom stereocenters. The van der Waals surface area contributed by atoms with Crippen molar-refractivity contribution in [2.24, 2.45) is 0 Å². The van der Waals surface area contributed by atoms with Crippen LogP contribution in [0.2, 0.25) is 0 Å². The van der Waals surface area contributed by atoms with Gasteiger partial charge in [-0.2, -0.15) is 5.26 Å². The monoisotopic (exact) mass is 458 g/mol. The molecule has 0 spiro atoms. The van der Waals surface area contributed by atoms with Gasteiger partial charge in [0.1, 0.15) is 17.4 Å². The second-order valence-corrected chi connectivity index (χ2v) is 8.87. The lowest BCUT2D eigenvalue weighted by atomic mass is 10.0. The van der Waals surface area contributed by atoms with Crippen LogP contribution in [0.25, 0.3) is 10.9 Å². The van der Waals surface area contributed by atoms with E-state index in [1.165, 1.54) is 23.5 Å². The predicted molar refractivity (Wildman–Crippen MR) is 126 cm³/mol. The van der Waals surface area contributed by atoms with Crippen LogP contribution in [0.15, 0.2) is 70.8 Å². The van der Waals surface area contributed by atoms with Crippen molar-refractivity contribution in [3.63, 3.8) is 0 Å². The number of hydrogen-bond acceptors (Lipinski definition) is 5. The van der Waals surface area contributed by atoms with Gasteiger partial charge in [0.25, 0.3) is 11.5 Å². The molecular weight excluding hydrogens is 439 g/mol. The number of aromatic nitrogens is 1. The number of nitrogens with zero attached hydrogens (tertiary/aromatic N) is 3. The van der Waals surface area contributed by atoms with Gasteiger partial charge < -0.3 is 14.8 Å². The number of benzene rings is 2. The van der Waals surface area contributed by atoms with Crippen molar-refractivity contribution in [2.75, 3.05) is 18.4 Å². The molecule has 2 aromatic carbocycles. The lowest BCUT2D eigenvalue weighted by molar-refractivity contribution is 0.0630. The SMILES string of the molecule is N#Cc1c(NC2CN(C(=O)c3cccs3)C2)c2ccccc2n(Cc2ccc(F)cc2)c1=O. The highest BCUT2D eigenvalue weighted by molar-refractivity contribution is 7.12. The molecular formula is C25H19FN4O2S. The molecule has 2 aromatic heterocycles. The van der Waals surface area contributed by atoms with Gasteiger partial charge in [-0.1, -0.05) is 36.4 Å². The molecule has 33 heavy (non-hydrogen) atoms. The zero-order valence-corrected chi connectivity index (χ0v) is 18.3. The minimum atomic E-state index is -0.408. The molecule has 1 aliphatic heterocycles. The summed E-state index contributed by atoms with van der Waals surface area (Å²) in [6.07, 6.45) is 0. The third-order valence-corrected chi connectivity index (χ3v) is 6.65. The van der Waals surface area contributed by atoms with Gasteiger partial charge in [0.15, 0.2) is 0 Å². The number of pyridine rings is 1. The van der Waals surface area contributed by atoms with Crippen LogP contribution in [-0.4, -0.2) is 34.5 Å². The van der Waals surface area contributed by atoms with Crippen LogP contribution >= 0.6 is 11.3 Å². The average molecular weight is 459 g/mol. The molecule has 4 aromatic rings. The van der Waals surface area contributed by atoms with Crippen LogP contribution in [0.1, 0.15) is 20.8 Å². The van der Waals surface area contributed by atoms with E-state index in [1.807, 2.05) is 35.7 Å². The number of anilines is 1. The fraction of sp³-hybridized carbons (Fsp3) is 0.160. The quantitative estimate of drug-likeness (QED) is 0.489. The molecule has 1 aliphatic rings. The van der Waals surface area contributed by atoms with Crippen LogP contribution < -0.4 is 10.9 Å². The largest absolute Gasteiger partial charge is 0.377 e. The van der Waals surface area contributed by atoms with Crippen molar-refractivity contribution in [3.8, 4) is 6.07 Å². The van der Waals surface area contributed by atoms with E-state index in [-0.39, 0.29) is 29.9 Å². The first-order chi connectivity index (χ1) is 16.0. The molecule has 1 saturated heterocycles. The summed E-state index contributed by atoms with van der Waals surface area (Å²) in [6, 6.07) is 19.0. The van der Waals surface area contributed by atoms with Gasteiger partial charge in [0.2, 0.25) is 0 Å². The maximum absolute atomic E-state index is 13.3. The number of halogens is 1. The number of likely N-dealkylation sites (tertiary alicyclic amines) is 1. The summed E-state index contributed by atoms with van der Waals surface area (Å²) in [6.45, 7) is 1.21. The highest BCUT2D eigenvalue weighted by atomic mass is 32.1. The Bertz CT molecular complexity index is 1430. The molecule has 5 rings (SSSR count). The van der Waals surface area contributed by atoms with Crippen molar-refractivity contribution >= 4 is 33.8 Å². The molecule has 0 bridgehead atoms. The second kappa shape index (κ2) is 8.52. The highest BCUT2D eigenvalue weighted by Crippen LogP contribution is 2.28. The molecule has 0 aliphatic carbocycles. The van der Waals surface area contributed by atoms with Crippen LogP contribution in [0.5, 0.6) is 0 Å². The average Bonchev–Trinajstić information content (AvgIpc) is 3.34. The zero-order chi connectivity index (χ0) is 22.9. The minimum Gasteiger partial charge on any atom is -0.377 e. The number of para-hydroxylation sites is 1. The van der Waals surface area contributed by atoms with Gasteiger partial charge in [-0.25, -0.2) is 4.39 Å². The first kappa shape index (κ1) is 20.9. The summed E-state index contributed by atoms with van der Waals surface area (Å²) in [5.74, 6) is -0.358. The Balaban J connectivity index is 1.46. The summed E-state index contributed by atoms with van der Waals surface area (Å²) >= 11 is 1.41. The summed E-state index contributed by atoms with van der Waals surface area (Å²) < 4.78 is 14.8. The van der Waals surface area contributed by atoms with Crippen LogP contribution in [-0.2, 0) is 6.54 Å². The standard InChI is InChI=1S/C25H19FN4O2S/c26-17-9-7-16(8-10-17)13-30-21-5-2-1-4-19(21)23(20(12-27)24(30)31)28-18-14-29(15-18)25(32)22-6-3-11-33-22/h1-11,18,28H,13-15H2. The number of nitrogens with one attached hydrogen (secondary N) is 1. The van der Waals surface area contributed by atoms with Gasteiger partial charge in [0.05, 0.1) is 28.7 Å². The van der Waals surface area contributed by atoms with Crippen molar-refractivity contribution in [2.45, 2.75) is 12.6 Å². The summed E-state index contributed by atoms with van der Waals surface area (Å²) in [7, 11) is 0. The zero-order valence-electron chi connectivity index (χ0n) is 17.5. The van der Waals surface area contributed by atoms with E-state index in [0.717, 1.165) is 10.9 Å². The van der Waals surface area contributed by atoms with Crippen molar-refractivity contribution in [3.05, 3.63) is 98.2 Å². The minimum absolute atomic E-state index is 0.0110. The molecule has 6 nitrogen and oxygen atoms in total. The highest BCUT2D eigenvalue weighted by Gasteiger charge is 2.32. The van der Waals surface area contributed by atoms with Crippen molar-refractivity contribution in [1.82, 2.24) is 9.47 Å². The Labute approximate surface area is 193 Å². The molecule has 1 fully saturated rings. The van der Waals surface area contributed by atoms with Gasteiger partial charge in [0, 0.05) is 18.5 Å². The van der Waals surface area contributed by atoms with E-state index in [4.69, 9.17) is 0 Å². The van der Waals surface area contributed by atoms with E-state index in [1.54, 1.807) is 27.7 Å². The fourth-order valence-electron chi connectivity index (χ4n) is 4.09. The first-order valence-electron chi connectivity index (χ1n) is 10.4. The van der Waals surface area contributed by atoms with Crippen molar-refractivity contribution in [1.29, 1.82) is 5.26 Å². The molecule has 0 saturated carbocycles. The number of nitriles is 1. The maximum Gasteiger partial charge on any atom is 0.271 e. The van der Waals surface area contributed by atoms with E-state index < -0.39 is 5.56 Å². The first-order valence-corrected chi connectivity index (χ1v) is 11.3. The molecule has 0 unspecified atom stereocenters. The Morgan fingerprint density at radius 3 is 2.58 bits per heavy atom. The number of carbonyl (C=O) groups is 1. The normalized spacial score (nSPS) is 13.5. The molecule has 8 heteroatoms. The number of thiophene rings is 1. The van der Waals surface area contributed by atoms with Gasteiger partial charge >= 0.3 is 0 Å². The van der Waals surface area contributed by atoms with E-state index >= 15 is 0 Å². The number of carbonyl (C=O) groups excluding carboxylic acids is 1. The molecule has 1 amide bonds. The van der Waals surface area contributed by atoms with Crippen LogP contribution in [0.3, 0.4) is 0 Å². The Morgan fingerprint density at radius 2 is 1.88 bits per heavy atom. The number of fused-ring (bicyclic) bond motifs is 1. The van der Waals surface area contributed by atoms with Crippen LogP contribution in [0.4, 0.5) is 10.1 Å². The van der Waals surface area contributed by atoms with Gasteiger partial charge in [-0.3, -0.25) is 9.59 Å². The predicted octanol–water partition coefficient (Wildman–Crippen LogP) is 4.06. The summed E-state index contributed by atoms with van der Waals surface area (Å²) in [5, 5.41) is 15.8. The summed E-state index contributed by atoms with van der Waals surface area (Å²) in [5.41, 5.74) is 1.54. The number of hydrogen-bond donors (Lipinski definition) is 1. The number of amides is 1.